The molecule has 0 aliphatic carbocycles. The molecular weight excluding hydrogens is 342 g/mol. The number of nitrogens with one attached hydrogen (secondary N) is 1. The van der Waals surface area contributed by atoms with E-state index in [0.29, 0.717) is 11.2 Å². The lowest BCUT2D eigenvalue weighted by Crippen LogP contribution is -2.38. The molecule has 4 rings (SSSR count). The summed E-state index contributed by atoms with van der Waals surface area (Å²) >= 11 is 7.84. The fourth-order valence-corrected chi connectivity index (χ4v) is 4.22. The van der Waals surface area contributed by atoms with Crippen LogP contribution in [0.25, 0.3) is 10.1 Å². The van der Waals surface area contributed by atoms with Gasteiger partial charge in [-0.3, -0.25) is 4.90 Å². The molecule has 3 aromatic rings. The molecule has 0 radical (unpaired) electrons. The topological polar surface area (TPSA) is 53.9 Å². The Morgan fingerprint density at radius 1 is 1.25 bits per heavy atom. The predicted octanol–water partition coefficient (Wildman–Crippen LogP) is 3.82. The summed E-state index contributed by atoms with van der Waals surface area (Å²) in [6.07, 6.45) is 7.53. The minimum atomic E-state index is 0.433. The molecule has 3 aromatic heterocycles. The van der Waals surface area contributed by atoms with Crippen LogP contribution in [0.15, 0.2) is 36.2 Å². The highest BCUT2D eigenvalue weighted by Gasteiger charge is 2.20. The molecule has 0 saturated carbocycles. The number of aromatic nitrogens is 3. The van der Waals surface area contributed by atoms with Crippen LogP contribution in [0.5, 0.6) is 0 Å². The van der Waals surface area contributed by atoms with Gasteiger partial charge in [0.1, 0.15) is 17.3 Å². The second-order valence-electron chi connectivity index (χ2n) is 6.07. The van der Waals surface area contributed by atoms with E-state index in [9.17, 15) is 0 Å². The molecule has 5 nitrogen and oxygen atoms in total. The molecule has 0 unspecified atom stereocenters. The number of nitrogens with zero attached hydrogens (tertiary/aromatic N) is 4. The van der Waals surface area contributed by atoms with Gasteiger partial charge in [0.15, 0.2) is 0 Å². The van der Waals surface area contributed by atoms with E-state index in [1.165, 1.54) is 10.3 Å². The van der Waals surface area contributed by atoms with Gasteiger partial charge in [0.25, 0.3) is 0 Å². The van der Waals surface area contributed by atoms with Gasteiger partial charge < -0.3 is 5.32 Å². The van der Waals surface area contributed by atoms with E-state index < -0.39 is 0 Å². The number of thiophene rings is 1. The highest BCUT2D eigenvalue weighted by Crippen LogP contribution is 2.30. The fourth-order valence-electron chi connectivity index (χ4n) is 3.14. The minimum absolute atomic E-state index is 0.433. The third-order valence-electron chi connectivity index (χ3n) is 4.37. The lowest BCUT2D eigenvalue weighted by Gasteiger charge is -2.32. The SMILES string of the molecule is Clc1cc2sccc2c(NC2CCN(Cc3cncnc3)CC2)n1. The molecule has 124 valence electrons. The molecule has 4 heterocycles. The fraction of sp³-hybridized carbons (Fsp3) is 0.353. The van der Waals surface area contributed by atoms with Crippen molar-refractivity contribution in [2.24, 2.45) is 0 Å². The average molecular weight is 360 g/mol. The van der Waals surface area contributed by atoms with Crippen molar-refractivity contribution in [2.75, 3.05) is 18.4 Å². The normalized spacial score (nSPS) is 16.5. The van der Waals surface area contributed by atoms with Crippen LogP contribution in [0.1, 0.15) is 18.4 Å². The second kappa shape index (κ2) is 7.01. The maximum Gasteiger partial charge on any atom is 0.136 e. The highest BCUT2D eigenvalue weighted by molar-refractivity contribution is 7.17. The van der Waals surface area contributed by atoms with Crippen LogP contribution in [-0.2, 0) is 6.54 Å². The molecule has 0 aromatic carbocycles. The zero-order valence-corrected chi connectivity index (χ0v) is 14.7. The molecule has 0 atom stereocenters. The molecule has 1 aliphatic rings. The van der Waals surface area contributed by atoms with Crippen LogP contribution in [0.2, 0.25) is 5.15 Å². The summed E-state index contributed by atoms with van der Waals surface area (Å²) in [7, 11) is 0. The van der Waals surface area contributed by atoms with Crippen molar-refractivity contribution in [2.45, 2.75) is 25.4 Å². The molecule has 1 N–H and O–H groups in total. The quantitative estimate of drug-likeness (QED) is 0.718. The smallest absolute Gasteiger partial charge is 0.136 e. The molecule has 24 heavy (non-hydrogen) atoms. The zero-order valence-electron chi connectivity index (χ0n) is 13.2. The summed E-state index contributed by atoms with van der Waals surface area (Å²) < 4.78 is 1.18. The van der Waals surface area contributed by atoms with Gasteiger partial charge in [-0.15, -0.1) is 11.3 Å². The monoisotopic (exact) mass is 359 g/mol. The van der Waals surface area contributed by atoms with E-state index in [4.69, 9.17) is 11.6 Å². The first kappa shape index (κ1) is 15.7. The maximum atomic E-state index is 6.15. The Balaban J connectivity index is 1.38. The van der Waals surface area contributed by atoms with Crippen LogP contribution >= 0.6 is 22.9 Å². The summed E-state index contributed by atoms with van der Waals surface area (Å²) in [6.45, 7) is 3.03. The number of hydrogen-bond donors (Lipinski definition) is 1. The Bertz CT molecular complexity index is 814. The first-order chi connectivity index (χ1) is 11.8. The number of pyridine rings is 1. The van der Waals surface area contributed by atoms with Crippen molar-refractivity contribution in [1.82, 2.24) is 19.9 Å². The standard InChI is InChI=1S/C17H18ClN5S/c18-16-7-15-14(3-6-24-15)17(22-16)21-13-1-4-23(5-2-13)10-12-8-19-11-20-9-12/h3,6-9,11,13H,1-2,4-5,10H2,(H,21,22). The maximum absolute atomic E-state index is 6.15. The van der Waals surface area contributed by atoms with Gasteiger partial charge in [-0.05, 0) is 30.4 Å². The first-order valence-corrected chi connectivity index (χ1v) is 9.30. The molecule has 0 bridgehead atoms. The van der Waals surface area contributed by atoms with E-state index in [2.05, 4.69) is 36.6 Å². The van der Waals surface area contributed by atoms with Gasteiger partial charge in [-0.2, -0.15) is 0 Å². The van der Waals surface area contributed by atoms with Crippen molar-refractivity contribution >= 4 is 38.8 Å². The Labute approximate surface area is 149 Å². The molecule has 1 saturated heterocycles. The summed E-state index contributed by atoms with van der Waals surface area (Å²) in [5, 5.41) is 7.39. The lowest BCUT2D eigenvalue weighted by atomic mass is 10.0. The number of anilines is 1. The molecule has 7 heteroatoms. The Morgan fingerprint density at radius 2 is 2.04 bits per heavy atom. The largest absolute Gasteiger partial charge is 0.367 e. The summed E-state index contributed by atoms with van der Waals surface area (Å²) in [6, 6.07) is 4.47. The summed E-state index contributed by atoms with van der Waals surface area (Å²) in [5.41, 5.74) is 1.17. The number of rotatable bonds is 4. The van der Waals surface area contributed by atoms with Crippen LogP contribution in [0.3, 0.4) is 0 Å². The number of piperidine rings is 1. The predicted molar refractivity (Wildman–Crippen MR) is 98.6 cm³/mol. The van der Waals surface area contributed by atoms with Crippen LogP contribution in [-0.4, -0.2) is 39.0 Å². The number of likely N-dealkylation sites (tertiary alicyclic amines) is 1. The third kappa shape index (κ3) is 3.50. The van der Waals surface area contributed by atoms with Crippen LogP contribution in [0.4, 0.5) is 5.82 Å². The van der Waals surface area contributed by atoms with Crippen LogP contribution in [0, 0.1) is 0 Å². The van der Waals surface area contributed by atoms with Gasteiger partial charge >= 0.3 is 0 Å². The summed E-state index contributed by atoms with van der Waals surface area (Å²) in [4.78, 5) is 15.1. The van der Waals surface area contributed by atoms with Crippen molar-refractivity contribution in [3.8, 4) is 0 Å². The molecule has 0 amide bonds. The Hall–Kier alpha value is -1.76. The van der Waals surface area contributed by atoms with Gasteiger partial charge in [0, 0.05) is 53.7 Å². The molecular formula is C17H18ClN5S. The van der Waals surface area contributed by atoms with Crippen molar-refractivity contribution in [3.63, 3.8) is 0 Å². The van der Waals surface area contributed by atoms with E-state index in [1.54, 1.807) is 17.7 Å². The van der Waals surface area contributed by atoms with Crippen molar-refractivity contribution < 1.29 is 0 Å². The van der Waals surface area contributed by atoms with Crippen molar-refractivity contribution in [1.29, 1.82) is 0 Å². The minimum Gasteiger partial charge on any atom is -0.367 e. The van der Waals surface area contributed by atoms with E-state index >= 15 is 0 Å². The highest BCUT2D eigenvalue weighted by atomic mass is 35.5. The van der Waals surface area contributed by atoms with E-state index in [-0.39, 0.29) is 0 Å². The lowest BCUT2D eigenvalue weighted by molar-refractivity contribution is 0.211. The van der Waals surface area contributed by atoms with Gasteiger partial charge in [-0.25, -0.2) is 15.0 Å². The Kier molecular flexibility index (Phi) is 4.60. The number of fused-ring (bicyclic) bond motifs is 1. The Morgan fingerprint density at radius 3 is 2.83 bits per heavy atom. The van der Waals surface area contributed by atoms with Crippen LogP contribution < -0.4 is 5.32 Å². The number of halogens is 1. The second-order valence-corrected chi connectivity index (χ2v) is 7.40. The third-order valence-corrected chi connectivity index (χ3v) is 5.43. The van der Waals surface area contributed by atoms with E-state index in [1.807, 2.05) is 18.5 Å². The van der Waals surface area contributed by atoms with Crippen molar-refractivity contribution in [3.05, 3.63) is 47.0 Å². The van der Waals surface area contributed by atoms with Gasteiger partial charge in [0.05, 0.1) is 0 Å². The van der Waals surface area contributed by atoms with E-state index in [0.717, 1.165) is 43.7 Å². The number of hydrogen-bond acceptors (Lipinski definition) is 6. The average Bonchev–Trinajstić information content (AvgIpc) is 3.06. The summed E-state index contributed by atoms with van der Waals surface area (Å²) in [5.74, 6) is 0.911. The first-order valence-electron chi connectivity index (χ1n) is 8.04. The molecule has 1 aliphatic heterocycles. The zero-order chi connectivity index (χ0) is 16.4. The van der Waals surface area contributed by atoms with Gasteiger partial charge in [-0.1, -0.05) is 11.6 Å². The van der Waals surface area contributed by atoms with Gasteiger partial charge in [0.2, 0.25) is 0 Å². The molecule has 1 fully saturated rings. The molecule has 0 spiro atoms.